The summed E-state index contributed by atoms with van der Waals surface area (Å²) in [6, 6.07) is 14.0. The summed E-state index contributed by atoms with van der Waals surface area (Å²) in [5, 5.41) is 0.865. The van der Waals surface area contributed by atoms with E-state index in [1.807, 2.05) is 12.1 Å². The van der Waals surface area contributed by atoms with Crippen molar-refractivity contribution < 1.29 is 19.1 Å². The van der Waals surface area contributed by atoms with Crippen LogP contribution in [0.25, 0.3) is 10.9 Å². The van der Waals surface area contributed by atoms with Gasteiger partial charge in [0.2, 0.25) is 0 Å². The van der Waals surface area contributed by atoms with Crippen molar-refractivity contribution in [2.24, 2.45) is 0 Å². The first-order chi connectivity index (χ1) is 13.5. The van der Waals surface area contributed by atoms with Gasteiger partial charge in [0.15, 0.2) is 5.16 Å². The van der Waals surface area contributed by atoms with Crippen molar-refractivity contribution in [1.29, 1.82) is 0 Å². The lowest BCUT2D eigenvalue weighted by atomic mass is 10.1. The molecule has 0 bridgehead atoms. The van der Waals surface area contributed by atoms with Crippen LogP contribution in [0.1, 0.15) is 15.9 Å². The van der Waals surface area contributed by atoms with Crippen molar-refractivity contribution in [3.63, 3.8) is 0 Å². The third-order valence-corrected chi connectivity index (χ3v) is 5.13. The van der Waals surface area contributed by atoms with Crippen LogP contribution < -0.4 is 5.56 Å². The molecular weight excluding hydrogens is 380 g/mol. The minimum atomic E-state index is -0.525. The molecule has 3 aromatic rings. The van der Waals surface area contributed by atoms with Gasteiger partial charge in [0.1, 0.15) is 6.54 Å². The summed E-state index contributed by atoms with van der Waals surface area (Å²) in [6.07, 6.45) is 0. The number of hydrogen-bond acceptors (Lipinski definition) is 7. The Bertz CT molecular complexity index is 1080. The van der Waals surface area contributed by atoms with E-state index >= 15 is 0 Å². The van der Waals surface area contributed by atoms with Crippen LogP contribution in [0.2, 0.25) is 0 Å². The molecule has 8 heteroatoms. The van der Waals surface area contributed by atoms with E-state index in [-0.39, 0.29) is 12.1 Å². The predicted octanol–water partition coefficient (Wildman–Crippen LogP) is 2.65. The zero-order chi connectivity index (χ0) is 20.1. The second kappa shape index (κ2) is 8.71. The first kappa shape index (κ1) is 19.6. The molecule has 0 saturated heterocycles. The number of thioether (sulfide) groups is 1. The first-order valence-electron chi connectivity index (χ1n) is 8.40. The molecule has 2 aromatic carbocycles. The zero-order valence-corrected chi connectivity index (χ0v) is 16.2. The van der Waals surface area contributed by atoms with Gasteiger partial charge in [-0.05, 0) is 29.8 Å². The fraction of sp³-hybridized carbons (Fsp3) is 0.200. The van der Waals surface area contributed by atoms with Crippen LogP contribution in [-0.2, 0) is 26.6 Å². The average Bonchev–Trinajstić information content (AvgIpc) is 2.74. The van der Waals surface area contributed by atoms with E-state index in [0.29, 0.717) is 27.4 Å². The number of para-hydroxylation sites is 1. The molecule has 28 heavy (non-hydrogen) atoms. The molecule has 0 aliphatic carbocycles. The van der Waals surface area contributed by atoms with Gasteiger partial charge in [-0.25, -0.2) is 9.78 Å². The molecule has 0 atom stereocenters. The number of benzene rings is 2. The van der Waals surface area contributed by atoms with E-state index in [4.69, 9.17) is 4.74 Å². The average molecular weight is 398 g/mol. The van der Waals surface area contributed by atoms with Crippen LogP contribution in [0.15, 0.2) is 58.5 Å². The van der Waals surface area contributed by atoms with E-state index in [2.05, 4.69) is 9.72 Å². The monoisotopic (exact) mass is 398 g/mol. The second-order valence-corrected chi connectivity index (χ2v) is 6.80. The fourth-order valence-corrected chi connectivity index (χ4v) is 3.55. The molecule has 0 unspecified atom stereocenters. The lowest BCUT2D eigenvalue weighted by Crippen LogP contribution is -2.27. The number of nitrogens with zero attached hydrogens (tertiary/aromatic N) is 2. The summed E-state index contributed by atoms with van der Waals surface area (Å²) in [7, 11) is 2.61. The Balaban J connectivity index is 1.90. The van der Waals surface area contributed by atoms with Crippen LogP contribution in [0.5, 0.6) is 0 Å². The molecule has 0 aliphatic heterocycles. The second-order valence-electron chi connectivity index (χ2n) is 5.86. The fourth-order valence-electron chi connectivity index (χ4n) is 2.59. The van der Waals surface area contributed by atoms with Crippen LogP contribution in [0.3, 0.4) is 0 Å². The molecule has 1 aromatic heterocycles. The highest BCUT2D eigenvalue weighted by Gasteiger charge is 2.15. The van der Waals surface area contributed by atoms with Crippen molar-refractivity contribution in [1.82, 2.24) is 9.55 Å². The smallest absolute Gasteiger partial charge is 0.337 e. The first-order valence-corrected chi connectivity index (χ1v) is 9.38. The van der Waals surface area contributed by atoms with Gasteiger partial charge in [0, 0.05) is 5.75 Å². The highest BCUT2D eigenvalue weighted by molar-refractivity contribution is 7.98. The maximum atomic E-state index is 12.8. The number of ether oxygens (including phenoxy) is 2. The van der Waals surface area contributed by atoms with Crippen LogP contribution in [-0.4, -0.2) is 35.7 Å². The molecule has 144 valence electrons. The van der Waals surface area contributed by atoms with Crippen molar-refractivity contribution in [3.8, 4) is 0 Å². The van der Waals surface area contributed by atoms with Gasteiger partial charge in [-0.2, -0.15) is 0 Å². The molecule has 0 amide bonds. The molecule has 0 N–H and O–H groups in total. The Labute approximate surface area is 165 Å². The minimum Gasteiger partial charge on any atom is -0.468 e. The van der Waals surface area contributed by atoms with Gasteiger partial charge >= 0.3 is 11.9 Å². The van der Waals surface area contributed by atoms with Crippen molar-refractivity contribution in [2.45, 2.75) is 17.5 Å². The standard InChI is InChI=1S/C20H18N2O5S/c1-26-17(23)11-22-18(24)15-5-3-4-6-16(15)21-20(22)28-12-13-7-9-14(10-8-13)19(25)27-2/h3-10H,11-12H2,1-2H3. The summed E-state index contributed by atoms with van der Waals surface area (Å²) in [4.78, 5) is 40.6. The van der Waals surface area contributed by atoms with Gasteiger partial charge in [-0.15, -0.1) is 0 Å². The van der Waals surface area contributed by atoms with Gasteiger partial charge in [0.25, 0.3) is 5.56 Å². The molecule has 0 spiro atoms. The molecule has 0 saturated carbocycles. The van der Waals surface area contributed by atoms with E-state index in [0.717, 1.165) is 5.56 Å². The number of aromatic nitrogens is 2. The van der Waals surface area contributed by atoms with E-state index < -0.39 is 11.9 Å². The lowest BCUT2D eigenvalue weighted by molar-refractivity contribution is -0.141. The minimum absolute atomic E-state index is 0.212. The largest absolute Gasteiger partial charge is 0.468 e. The third-order valence-electron chi connectivity index (χ3n) is 4.08. The number of rotatable bonds is 6. The summed E-state index contributed by atoms with van der Waals surface area (Å²) in [5.74, 6) is -0.418. The van der Waals surface area contributed by atoms with Crippen LogP contribution in [0, 0.1) is 0 Å². The summed E-state index contributed by atoms with van der Waals surface area (Å²) in [6.45, 7) is -0.212. The molecule has 1 heterocycles. The summed E-state index contributed by atoms with van der Waals surface area (Å²) >= 11 is 1.33. The number of fused-ring (bicyclic) bond motifs is 1. The molecule has 3 rings (SSSR count). The number of carbonyl (C=O) groups is 2. The maximum absolute atomic E-state index is 12.8. The Hall–Kier alpha value is -3.13. The quantitative estimate of drug-likeness (QED) is 0.358. The highest BCUT2D eigenvalue weighted by atomic mass is 32.2. The van der Waals surface area contributed by atoms with Gasteiger partial charge in [-0.3, -0.25) is 14.2 Å². The molecule has 7 nitrogen and oxygen atoms in total. The molecule has 0 aliphatic rings. The topological polar surface area (TPSA) is 87.5 Å². The Kier molecular flexibility index (Phi) is 6.10. The Morgan fingerprint density at radius 2 is 1.75 bits per heavy atom. The van der Waals surface area contributed by atoms with Crippen molar-refractivity contribution in [3.05, 3.63) is 70.0 Å². The number of carbonyl (C=O) groups excluding carboxylic acids is 2. The summed E-state index contributed by atoms with van der Waals surface area (Å²) < 4.78 is 10.7. The zero-order valence-electron chi connectivity index (χ0n) is 15.4. The van der Waals surface area contributed by atoms with E-state index in [1.165, 1.54) is 30.5 Å². The lowest BCUT2D eigenvalue weighted by Gasteiger charge is -2.12. The van der Waals surface area contributed by atoms with Crippen LogP contribution in [0.4, 0.5) is 0 Å². The van der Waals surface area contributed by atoms with E-state index in [1.54, 1.807) is 36.4 Å². The number of hydrogen-bond donors (Lipinski definition) is 0. The number of methoxy groups -OCH3 is 2. The number of esters is 2. The SMILES string of the molecule is COC(=O)Cn1c(SCc2ccc(C(=O)OC)cc2)nc2ccccc2c1=O. The highest BCUT2D eigenvalue weighted by Crippen LogP contribution is 2.22. The van der Waals surface area contributed by atoms with E-state index in [9.17, 15) is 14.4 Å². The maximum Gasteiger partial charge on any atom is 0.337 e. The third kappa shape index (κ3) is 4.23. The van der Waals surface area contributed by atoms with Crippen LogP contribution >= 0.6 is 11.8 Å². The van der Waals surface area contributed by atoms with Gasteiger partial charge in [0.05, 0.1) is 30.7 Å². The summed E-state index contributed by atoms with van der Waals surface area (Å²) in [5.41, 5.74) is 1.67. The van der Waals surface area contributed by atoms with Crippen molar-refractivity contribution in [2.75, 3.05) is 14.2 Å². The predicted molar refractivity (Wildman–Crippen MR) is 105 cm³/mol. The van der Waals surface area contributed by atoms with Crippen molar-refractivity contribution >= 4 is 34.6 Å². The molecular formula is C20H18N2O5S. The Morgan fingerprint density at radius 3 is 2.43 bits per heavy atom. The Morgan fingerprint density at radius 1 is 1.04 bits per heavy atom. The molecule has 0 fully saturated rings. The van der Waals surface area contributed by atoms with Gasteiger partial charge < -0.3 is 9.47 Å². The van der Waals surface area contributed by atoms with Gasteiger partial charge in [-0.1, -0.05) is 36.0 Å². The normalized spacial score (nSPS) is 10.6. The molecule has 0 radical (unpaired) electrons.